The van der Waals surface area contributed by atoms with Gasteiger partial charge in [-0.2, -0.15) is 0 Å². The molecule has 6 nitrogen and oxygen atoms in total. The molecule has 0 radical (unpaired) electrons. The van der Waals surface area contributed by atoms with E-state index in [1.54, 1.807) is 23.3 Å². The minimum absolute atomic E-state index is 0.0411. The van der Waals surface area contributed by atoms with Gasteiger partial charge in [0.05, 0.1) is 11.3 Å². The molecule has 0 bridgehead atoms. The van der Waals surface area contributed by atoms with Crippen molar-refractivity contribution in [2.45, 2.75) is 19.3 Å². The molecule has 1 aromatic carbocycles. The van der Waals surface area contributed by atoms with E-state index in [2.05, 4.69) is 15.8 Å². The van der Waals surface area contributed by atoms with Crippen molar-refractivity contribution in [1.82, 2.24) is 4.90 Å². The summed E-state index contributed by atoms with van der Waals surface area (Å²) >= 11 is 0. The number of carbonyl (C=O) groups excluding carboxylic acids is 1. The summed E-state index contributed by atoms with van der Waals surface area (Å²) in [6.07, 6.45) is 8.14. The fourth-order valence-corrected chi connectivity index (χ4v) is 4.16. The Kier molecular flexibility index (Phi) is 3.53. The van der Waals surface area contributed by atoms with Gasteiger partial charge in [0.15, 0.2) is 0 Å². The number of fused-ring (bicyclic) bond motifs is 2. The highest BCUT2D eigenvalue weighted by molar-refractivity contribution is 7.90. The lowest BCUT2D eigenvalue weighted by Crippen LogP contribution is -2.37. The van der Waals surface area contributed by atoms with Crippen LogP contribution < -0.4 is 5.32 Å². The fourth-order valence-electron chi connectivity index (χ4n) is 3.19. The molecule has 0 atom stereocenters. The van der Waals surface area contributed by atoms with Crippen molar-refractivity contribution in [1.29, 1.82) is 0 Å². The Labute approximate surface area is 140 Å². The molecule has 0 fully saturated rings. The number of hydrogen-bond acceptors (Lipinski definition) is 4. The Balaban J connectivity index is 1.52. The average molecular weight is 343 g/mol. The Morgan fingerprint density at radius 2 is 2.00 bits per heavy atom. The molecule has 1 N–H and O–H groups in total. The SMILES string of the molecule is O=C(Nc1ccc2c(c1)CCC2)C1=CN2CCS(=O)(=O)N=C2C=C1. The average Bonchev–Trinajstić information content (AvgIpc) is 3.01. The van der Waals surface area contributed by atoms with Gasteiger partial charge in [0.25, 0.3) is 15.9 Å². The van der Waals surface area contributed by atoms with Crippen LogP contribution in [0.2, 0.25) is 0 Å². The molecular formula is C17H17N3O3S. The molecule has 3 aliphatic rings. The number of anilines is 1. The van der Waals surface area contributed by atoms with Crippen molar-refractivity contribution in [3.8, 4) is 0 Å². The number of carbonyl (C=O) groups is 1. The van der Waals surface area contributed by atoms with Crippen LogP contribution in [0, 0.1) is 0 Å². The Morgan fingerprint density at radius 1 is 1.17 bits per heavy atom. The number of amides is 1. The molecule has 124 valence electrons. The third-order valence-corrected chi connectivity index (χ3v) is 5.61. The second kappa shape index (κ2) is 5.59. The number of amidine groups is 1. The quantitative estimate of drug-likeness (QED) is 0.885. The van der Waals surface area contributed by atoms with Gasteiger partial charge >= 0.3 is 0 Å². The van der Waals surface area contributed by atoms with Gasteiger partial charge in [-0.1, -0.05) is 6.07 Å². The number of sulfonamides is 1. The minimum Gasteiger partial charge on any atom is -0.330 e. The van der Waals surface area contributed by atoms with E-state index < -0.39 is 10.0 Å². The number of nitrogens with one attached hydrogen (secondary N) is 1. The first kappa shape index (κ1) is 15.1. The molecule has 1 amide bonds. The third-order valence-electron chi connectivity index (χ3n) is 4.44. The Morgan fingerprint density at radius 3 is 2.88 bits per heavy atom. The topological polar surface area (TPSA) is 78.8 Å². The van der Waals surface area contributed by atoms with Crippen molar-refractivity contribution in [3.05, 3.63) is 53.3 Å². The molecule has 2 heterocycles. The molecule has 0 saturated heterocycles. The van der Waals surface area contributed by atoms with E-state index in [1.165, 1.54) is 17.5 Å². The van der Waals surface area contributed by atoms with Crippen molar-refractivity contribution in [2.75, 3.05) is 17.6 Å². The van der Waals surface area contributed by atoms with Crippen LogP contribution in [0.1, 0.15) is 17.5 Å². The number of benzene rings is 1. The highest BCUT2D eigenvalue weighted by Gasteiger charge is 2.25. The van der Waals surface area contributed by atoms with Crippen LogP contribution in [-0.2, 0) is 27.7 Å². The molecule has 4 rings (SSSR count). The monoisotopic (exact) mass is 343 g/mol. The van der Waals surface area contributed by atoms with Gasteiger partial charge in [-0.3, -0.25) is 4.79 Å². The van der Waals surface area contributed by atoms with Crippen molar-refractivity contribution in [2.24, 2.45) is 4.40 Å². The second-order valence-electron chi connectivity index (χ2n) is 6.14. The fraction of sp³-hybridized carbons (Fsp3) is 0.294. The summed E-state index contributed by atoms with van der Waals surface area (Å²) in [4.78, 5) is 14.1. The van der Waals surface area contributed by atoms with Gasteiger partial charge in [0.1, 0.15) is 5.84 Å². The van der Waals surface area contributed by atoms with E-state index in [-0.39, 0.29) is 11.7 Å². The van der Waals surface area contributed by atoms with Gasteiger partial charge in [-0.25, -0.2) is 8.42 Å². The maximum Gasteiger partial charge on any atom is 0.257 e. The van der Waals surface area contributed by atoms with E-state index in [1.807, 2.05) is 12.1 Å². The van der Waals surface area contributed by atoms with Gasteiger partial charge in [0.2, 0.25) is 0 Å². The van der Waals surface area contributed by atoms with E-state index in [0.717, 1.165) is 18.5 Å². The van der Waals surface area contributed by atoms with Crippen molar-refractivity contribution in [3.63, 3.8) is 0 Å². The van der Waals surface area contributed by atoms with Gasteiger partial charge in [-0.15, -0.1) is 4.40 Å². The van der Waals surface area contributed by atoms with E-state index >= 15 is 0 Å². The predicted molar refractivity (Wildman–Crippen MR) is 92.2 cm³/mol. The van der Waals surface area contributed by atoms with Crippen molar-refractivity contribution >= 4 is 27.5 Å². The second-order valence-corrected chi connectivity index (χ2v) is 7.89. The molecule has 7 heteroatoms. The molecule has 0 aromatic heterocycles. The summed E-state index contributed by atoms with van der Waals surface area (Å²) in [6.45, 7) is 0.307. The first-order chi connectivity index (χ1) is 11.5. The molecule has 0 saturated carbocycles. The maximum absolute atomic E-state index is 12.5. The molecule has 0 spiro atoms. The zero-order valence-electron chi connectivity index (χ0n) is 13.0. The zero-order chi connectivity index (χ0) is 16.7. The van der Waals surface area contributed by atoms with E-state index in [4.69, 9.17) is 0 Å². The van der Waals surface area contributed by atoms with Crippen LogP contribution in [0.25, 0.3) is 0 Å². The molecule has 1 aromatic rings. The van der Waals surface area contributed by atoms with Crippen LogP contribution in [0.3, 0.4) is 0 Å². The molecule has 2 aliphatic heterocycles. The predicted octanol–water partition coefficient (Wildman–Crippen LogP) is 1.61. The number of nitrogens with zero attached hydrogens (tertiary/aromatic N) is 2. The standard InChI is InChI=1S/C17H17N3O3S/c21-17(18-15-6-4-12-2-1-3-13(12)10-15)14-5-7-16-19-24(22,23)9-8-20(16)11-14/h4-7,10-11H,1-3,8-9H2,(H,18,21). The Bertz CT molecular complexity index is 913. The molecule has 0 unspecified atom stereocenters. The molecular weight excluding hydrogens is 326 g/mol. The summed E-state index contributed by atoms with van der Waals surface area (Å²) in [7, 11) is -3.38. The van der Waals surface area contributed by atoms with Gasteiger partial charge in [-0.05, 0) is 54.7 Å². The Hall–Kier alpha value is -2.41. The zero-order valence-corrected chi connectivity index (χ0v) is 13.8. The van der Waals surface area contributed by atoms with Crippen LogP contribution in [0.4, 0.5) is 5.69 Å². The van der Waals surface area contributed by atoms with Crippen LogP contribution in [0.5, 0.6) is 0 Å². The number of hydrogen-bond donors (Lipinski definition) is 1. The summed E-state index contributed by atoms with van der Waals surface area (Å²) in [6, 6.07) is 6.03. The highest BCUT2D eigenvalue weighted by atomic mass is 32.2. The normalized spacial score (nSPS) is 20.8. The largest absolute Gasteiger partial charge is 0.330 e. The number of aryl methyl sites for hydroxylation is 2. The van der Waals surface area contributed by atoms with Crippen LogP contribution >= 0.6 is 0 Å². The molecule has 1 aliphatic carbocycles. The maximum atomic E-state index is 12.5. The lowest BCUT2D eigenvalue weighted by atomic mass is 10.1. The van der Waals surface area contributed by atoms with Gasteiger partial charge < -0.3 is 10.2 Å². The van der Waals surface area contributed by atoms with E-state index in [0.29, 0.717) is 18.0 Å². The lowest BCUT2D eigenvalue weighted by molar-refractivity contribution is -0.112. The first-order valence-electron chi connectivity index (χ1n) is 7.92. The first-order valence-corrected chi connectivity index (χ1v) is 9.53. The van der Waals surface area contributed by atoms with Crippen LogP contribution in [-0.4, -0.2) is 37.4 Å². The minimum atomic E-state index is -3.38. The van der Waals surface area contributed by atoms with E-state index in [9.17, 15) is 13.2 Å². The van der Waals surface area contributed by atoms with Crippen molar-refractivity contribution < 1.29 is 13.2 Å². The summed E-state index contributed by atoms with van der Waals surface area (Å²) in [5.41, 5.74) is 3.93. The summed E-state index contributed by atoms with van der Waals surface area (Å²) in [5, 5.41) is 2.91. The van der Waals surface area contributed by atoms with Gasteiger partial charge in [0, 0.05) is 18.4 Å². The molecule has 24 heavy (non-hydrogen) atoms. The lowest BCUT2D eigenvalue weighted by Gasteiger charge is -2.26. The van der Waals surface area contributed by atoms with Crippen LogP contribution in [0.15, 0.2) is 46.5 Å². The smallest absolute Gasteiger partial charge is 0.257 e. The third kappa shape index (κ3) is 2.87. The summed E-state index contributed by atoms with van der Waals surface area (Å²) < 4.78 is 26.7. The summed E-state index contributed by atoms with van der Waals surface area (Å²) in [5.74, 6) is 0.104. The number of rotatable bonds is 2. The highest BCUT2D eigenvalue weighted by Crippen LogP contribution is 2.25.